The second kappa shape index (κ2) is 7.25. The van der Waals surface area contributed by atoms with Gasteiger partial charge in [0.1, 0.15) is 0 Å². The molecule has 1 aliphatic rings. The molecule has 1 atom stereocenters. The quantitative estimate of drug-likeness (QED) is 0.846. The summed E-state index contributed by atoms with van der Waals surface area (Å²) >= 11 is 3.67. The Balaban J connectivity index is 2.20. The molecule has 1 unspecified atom stereocenters. The molecule has 1 saturated carbocycles. The lowest BCUT2D eigenvalue weighted by molar-refractivity contribution is -0.0820. The van der Waals surface area contributed by atoms with E-state index in [0.29, 0.717) is 0 Å². The van der Waals surface area contributed by atoms with Gasteiger partial charge in [-0.05, 0) is 49.5 Å². The summed E-state index contributed by atoms with van der Waals surface area (Å²) in [6, 6.07) is 0.0236. The molecule has 0 aromatic carbocycles. The van der Waals surface area contributed by atoms with Crippen LogP contribution in [0.3, 0.4) is 0 Å². The fourth-order valence-electron chi connectivity index (χ4n) is 3.52. The van der Waals surface area contributed by atoms with Gasteiger partial charge in [-0.1, -0.05) is 19.3 Å². The summed E-state index contributed by atoms with van der Waals surface area (Å²) in [5.74, 6) is 0. The first-order chi connectivity index (χ1) is 10.0. The van der Waals surface area contributed by atoms with Crippen LogP contribution < -0.4 is 5.73 Å². The highest BCUT2D eigenvalue weighted by Gasteiger charge is 2.39. The Morgan fingerprint density at radius 2 is 2.00 bits per heavy atom. The van der Waals surface area contributed by atoms with Crippen molar-refractivity contribution in [2.45, 2.75) is 77.5 Å². The van der Waals surface area contributed by atoms with Crippen molar-refractivity contribution in [2.75, 3.05) is 6.61 Å². The minimum atomic E-state index is -0.150. The van der Waals surface area contributed by atoms with Crippen molar-refractivity contribution in [1.29, 1.82) is 0 Å². The van der Waals surface area contributed by atoms with E-state index in [-0.39, 0.29) is 11.6 Å². The van der Waals surface area contributed by atoms with Crippen LogP contribution in [0.25, 0.3) is 0 Å². The lowest BCUT2D eigenvalue weighted by atomic mass is 9.78. The van der Waals surface area contributed by atoms with Gasteiger partial charge in [0.2, 0.25) is 0 Å². The molecule has 120 valence electrons. The third-order valence-electron chi connectivity index (χ3n) is 4.67. The number of nitrogens with zero attached hydrogens (tertiary/aromatic N) is 2. The van der Waals surface area contributed by atoms with Crippen LogP contribution in [0.4, 0.5) is 0 Å². The molecule has 1 fully saturated rings. The predicted octanol–water partition coefficient (Wildman–Crippen LogP) is 3.58. The van der Waals surface area contributed by atoms with E-state index in [2.05, 4.69) is 39.6 Å². The number of aryl methyl sites for hydroxylation is 2. The van der Waals surface area contributed by atoms with Crippen LogP contribution in [-0.2, 0) is 17.7 Å². The maximum atomic E-state index is 6.62. The highest BCUT2D eigenvalue weighted by atomic mass is 79.9. The number of hydrogen-bond acceptors (Lipinski definition) is 3. The molecule has 4 nitrogen and oxygen atoms in total. The summed E-state index contributed by atoms with van der Waals surface area (Å²) in [5, 5.41) is 4.57. The van der Waals surface area contributed by atoms with E-state index >= 15 is 0 Å². The Kier molecular flexibility index (Phi) is 5.86. The van der Waals surface area contributed by atoms with Gasteiger partial charge in [-0.2, -0.15) is 5.10 Å². The van der Waals surface area contributed by atoms with Gasteiger partial charge < -0.3 is 10.5 Å². The zero-order valence-corrected chi connectivity index (χ0v) is 15.1. The predicted molar refractivity (Wildman–Crippen MR) is 89.5 cm³/mol. The van der Waals surface area contributed by atoms with Gasteiger partial charge in [-0.15, -0.1) is 0 Å². The maximum absolute atomic E-state index is 6.62. The second-order valence-electron chi connectivity index (χ2n) is 6.03. The first-order valence-electron chi connectivity index (χ1n) is 8.15. The molecule has 0 spiro atoms. The van der Waals surface area contributed by atoms with Crippen LogP contribution in [0.2, 0.25) is 0 Å². The molecule has 1 heterocycles. The van der Waals surface area contributed by atoms with Crippen molar-refractivity contribution in [3.8, 4) is 0 Å². The van der Waals surface area contributed by atoms with Gasteiger partial charge in [0, 0.05) is 25.6 Å². The highest BCUT2D eigenvalue weighted by Crippen LogP contribution is 2.36. The molecule has 5 heteroatoms. The molecule has 2 rings (SSSR count). The average molecular weight is 358 g/mol. The zero-order valence-electron chi connectivity index (χ0n) is 13.5. The number of rotatable bonds is 6. The summed E-state index contributed by atoms with van der Waals surface area (Å²) in [6.45, 7) is 7.83. The average Bonchev–Trinajstić information content (AvgIpc) is 2.76. The SMILES string of the molecule is CCOC1(C(N)Cc2c(Br)c(C)nn2CC)CCCCC1. The summed E-state index contributed by atoms with van der Waals surface area (Å²) < 4.78 is 9.31. The van der Waals surface area contributed by atoms with Gasteiger partial charge in [0.25, 0.3) is 0 Å². The van der Waals surface area contributed by atoms with Crippen molar-refractivity contribution in [3.63, 3.8) is 0 Å². The molecule has 21 heavy (non-hydrogen) atoms. The van der Waals surface area contributed by atoms with Gasteiger partial charge >= 0.3 is 0 Å². The molecule has 1 aromatic rings. The number of nitrogens with two attached hydrogens (primary N) is 1. The minimum absolute atomic E-state index is 0.0236. The Morgan fingerprint density at radius 3 is 2.57 bits per heavy atom. The third-order valence-corrected chi connectivity index (χ3v) is 5.71. The maximum Gasteiger partial charge on any atom is 0.0836 e. The van der Waals surface area contributed by atoms with E-state index < -0.39 is 0 Å². The molecule has 0 amide bonds. The van der Waals surface area contributed by atoms with Crippen molar-refractivity contribution in [2.24, 2.45) is 5.73 Å². The van der Waals surface area contributed by atoms with Crippen LogP contribution in [0.15, 0.2) is 4.47 Å². The molecule has 0 saturated heterocycles. The molecule has 0 aliphatic heterocycles. The number of aromatic nitrogens is 2. The number of ether oxygens (including phenoxy) is 1. The topological polar surface area (TPSA) is 53.1 Å². The standard InChI is InChI=1S/C16H28BrN3O/c1-4-20-13(15(17)12(3)19-20)11-14(18)16(21-5-2)9-7-6-8-10-16/h14H,4-11,18H2,1-3H3. The van der Waals surface area contributed by atoms with Crippen LogP contribution in [0.1, 0.15) is 57.3 Å². The van der Waals surface area contributed by atoms with E-state index in [0.717, 1.165) is 42.6 Å². The Hall–Kier alpha value is -0.390. The molecule has 2 N–H and O–H groups in total. The van der Waals surface area contributed by atoms with E-state index in [4.69, 9.17) is 10.5 Å². The van der Waals surface area contributed by atoms with Gasteiger partial charge in [-0.3, -0.25) is 4.68 Å². The summed E-state index contributed by atoms with van der Waals surface area (Å²) in [6.07, 6.45) is 6.73. The van der Waals surface area contributed by atoms with E-state index in [1.54, 1.807) is 0 Å². The van der Waals surface area contributed by atoms with Gasteiger partial charge in [0.15, 0.2) is 0 Å². The number of hydrogen-bond donors (Lipinski definition) is 1. The van der Waals surface area contributed by atoms with E-state index in [1.807, 2.05) is 6.92 Å². The van der Waals surface area contributed by atoms with Crippen molar-refractivity contribution < 1.29 is 4.74 Å². The monoisotopic (exact) mass is 357 g/mol. The van der Waals surface area contributed by atoms with Crippen LogP contribution in [-0.4, -0.2) is 28.0 Å². The van der Waals surface area contributed by atoms with E-state index in [9.17, 15) is 0 Å². The molecule has 1 aromatic heterocycles. The lowest BCUT2D eigenvalue weighted by Gasteiger charge is -2.41. The van der Waals surface area contributed by atoms with Crippen molar-refractivity contribution >= 4 is 15.9 Å². The first-order valence-corrected chi connectivity index (χ1v) is 8.94. The van der Waals surface area contributed by atoms with Gasteiger partial charge in [-0.25, -0.2) is 0 Å². The summed E-state index contributed by atoms with van der Waals surface area (Å²) in [7, 11) is 0. The van der Waals surface area contributed by atoms with Gasteiger partial charge in [0.05, 0.1) is 21.5 Å². The fourth-order valence-corrected chi connectivity index (χ4v) is 3.96. The van der Waals surface area contributed by atoms with Crippen molar-refractivity contribution in [3.05, 3.63) is 15.9 Å². The molecule has 1 aliphatic carbocycles. The third kappa shape index (κ3) is 3.51. The minimum Gasteiger partial charge on any atom is -0.374 e. The molecular formula is C16H28BrN3O. The Bertz CT molecular complexity index is 461. The van der Waals surface area contributed by atoms with Crippen LogP contribution in [0, 0.1) is 6.92 Å². The smallest absolute Gasteiger partial charge is 0.0836 e. The lowest BCUT2D eigenvalue weighted by Crippen LogP contribution is -2.52. The Labute approximate surface area is 136 Å². The second-order valence-corrected chi connectivity index (χ2v) is 6.82. The molecular weight excluding hydrogens is 330 g/mol. The highest BCUT2D eigenvalue weighted by molar-refractivity contribution is 9.10. The Morgan fingerprint density at radius 1 is 1.33 bits per heavy atom. The van der Waals surface area contributed by atoms with Crippen LogP contribution in [0.5, 0.6) is 0 Å². The summed E-state index contributed by atoms with van der Waals surface area (Å²) in [5.41, 5.74) is 8.70. The molecule has 0 bridgehead atoms. The van der Waals surface area contributed by atoms with E-state index in [1.165, 1.54) is 25.0 Å². The summed E-state index contributed by atoms with van der Waals surface area (Å²) in [4.78, 5) is 0. The number of halogens is 1. The zero-order chi connectivity index (χ0) is 15.5. The van der Waals surface area contributed by atoms with Crippen LogP contribution >= 0.6 is 15.9 Å². The van der Waals surface area contributed by atoms with Crippen molar-refractivity contribution in [1.82, 2.24) is 9.78 Å². The first kappa shape index (κ1) is 17.0. The fraction of sp³-hybridized carbons (Fsp3) is 0.812. The normalized spacial score (nSPS) is 19.7. The molecule has 0 radical (unpaired) electrons. The largest absolute Gasteiger partial charge is 0.374 e.